The number of carbonyl (C=O) groups excluding carboxylic acids is 2. The molecule has 106 valence electrons. The van der Waals surface area contributed by atoms with E-state index >= 15 is 0 Å². The molecule has 0 unspecified atom stereocenters. The zero-order valence-electron chi connectivity index (χ0n) is 10.4. The molecule has 18 heavy (non-hydrogen) atoms. The number of ether oxygens (including phenoxy) is 2. The highest BCUT2D eigenvalue weighted by atomic mass is 16.5. The lowest BCUT2D eigenvalue weighted by molar-refractivity contribution is -0.120. The van der Waals surface area contributed by atoms with Crippen molar-refractivity contribution >= 4 is 11.8 Å². The van der Waals surface area contributed by atoms with Crippen molar-refractivity contribution in [1.29, 1.82) is 0 Å². The van der Waals surface area contributed by atoms with Gasteiger partial charge >= 0.3 is 0 Å². The summed E-state index contributed by atoms with van der Waals surface area (Å²) in [7, 11) is 0. The van der Waals surface area contributed by atoms with Crippen LogP contribution in [0.1, 0.15) is 0 Å². The average Bonchev–Trinajstić information content (AvgIpc) is 2.40. The van der Waals surface area contributed by atoms with Crippen molar-refractivity contribution in [3.05, 3.63) is 0 Å². The van der Waals surface area contributed by atoms with Gasteiger partial charge in [-0.25, -0.2) is 0 Å². The van der Waals surface area contributed by atoms with E-state index in [0.717, 1.165) is 0 Å². The molecule has 2 amide bonds. The second-order valence-electron chi connectivity index (χ2n) is 3.33. The largest absolute Gasteiger partial charge is 0.377 e. The first kappa shape index (κ1) is 16.8. The zero-order valence-corrected chi connectivity index (χ0v) is 10.4. The van der Waals surface area contributed by atoms with E-state index in [1.165, 1.54) is 0 Å². The summed E-state index contributed by atoms with van der Waals surface area (Å²) in [6, 6.07) is 0. The summed E-state index contributed by atoms with van der Waals surface area (Å²) in [6.07, 6.45) is 0. The highest BCUT2D eigenvalue weighted by Gasteiger charge is 1.96. The van der Waals surface area contributed by atoms with Crippen LogP contribution in [0.4, 0.5) is 0 Å². The van der Waals surface area contributed by atoms with Gasteiger partial charge in [-0.3, -0.25) is 9.59 Å². The molecule has 0 rings (SSSR count). The highest BCUT2D eigenvalue weighted by molar-refractivity contribution is 5.77. The molecule has 0 saturated carbocycles. The van der Waals surface area contributed by atoms with Crippen molar-refractivity contribution in [2.24, 2.45) is 11.5 Å². The van der Waals surface area contributed by atoms with E-state index in [1.807, 2.05) is 0 Å². The monoisotopic (exact) mass is 262 g/mol. The molecule has 8 heteroatoms. The van der Waals surface area contributed by atoms with Gasteiger partial charge in [-0.1, -0.05) is 0 Å². The Morgan fingerprint density at radius 3 is 1.50 bits per heavy atom. The van der Waals surface area contributed by atoms with E-state index in [1.54, 1.807) is 0 Å². The van der Waals surface area contributed by atoms with Crippen LogP contribution in [-0.2, 0) is 19.1 Å². The van der Waals surface area contributed by atoms with Gasteiger partial charge in [-0.2, -0.15) is 0 Å². The summed E-state index contributed by atoms with van der Waals surface area (Å²) < 4.78 is 10.4. The Kier molecular flexibility index (Phi) is 11.4. The van der Waals surface area contributed by atoms with Crippen molar-refractivity contribution in [3.8, 4) is 0 Å². The number of hydrogen-bond acceptors (Lipinski definition) is 6. The molecule has 0 aromatic carbocycles. The lowest BCUT2D eigenvalue weighted by atomic mass is 10.5. The van der Waals surface area contributed by atoms with Crippen molar-refractivity contribution < 1.29 is 19.1 Å². The fraction of sp³-hybridized carbons (Fsp3) is 0.800. The maximum Gasteiger partial charge on any atom is 0.233 e. The Hall–Kier alpha value is -1.22. The zero-order chi connectivity index (χ0) is 13.6. The molecule has 0 aliphatic heterocycles. The molecule has 0 saturated heterocycles. The number of nitrogens with one attached hydrogen (secondary N) is 2. The molecule has 0 heterocycles. The van der Waals surface area contributed by atoms with Gasteiger partial charge in [0.15, 0.2) is 0 Å². The number of hydrogen-bond donors (Lipinski definition) is 4. The average molecular weight is 262 g/mol. The normalized spacial score (nSPS) is 10.1. The second kappa shape index (κ2) is 12.2. The summed E-state index contributed by atoms with van der Waals surface area (Å²) in [5.41, 5.74) is 10.2. The van der Waals surface area contributed by atoms with Crippen LogP contribution >= 0.6 is 0 Å². The SMILES string of the molecule is NCC(=O)NCCOCCOCCNC(=O)CN. The van der Waals surface area contributed by atoms with Gasteiger partial charge in [0.2, 0.25) is 11.8 Å². The molecule has 8 nitrogen and oxygen atoms in total. The minimum Gasteiger partial charge on any atom is -0.377 e. The fourth-order valence-electron chi connectivity index (χ4n) is 0.992. The summed E-state index contributed by atoms with van der Waals surface area (Å²) in [5.74, 6) is -0.406. The first-order chi connectivity index (χ1) is 8.70. The maximum atomic E-state index is 10.7. The van der Waals surface area contributed by atoms with Gasteiger partial charge in [0.05, 0.1) is 39.5 Å². The number of rotatable bonds is 11. The third-order valence-corrected chi connectivity index (χ3v) is 1.88. The minimum absolute atomic E-state index is 0.0162. The molecule has 0 spiro atoms. The van der Waals surface area contributed by atoms with Crippen LogP contribution in [0.5, 0.6) is 0 Å². The first-order valence-corrected chi connectivity index (χ1v) is 5.79. The Balaban J connectivity index is 3.07. The number of carbonyl (C=O) groups is 2. The van der Waals surface area contributed by atoms with Crippen LogP contribution in [-0.4, -0.2) is 64.4 Å². The molecular weight excluding hydrogens is 240 g/mol. The molecule has 0 radical (unpaired) electrons. The van der Waals surface area contributed by atoms with Gasteiger partial charge in [-0.05, 0) is 0 Å². The van der Waals surface area contributed by atoms with Crippen molar-refractivity contribution in [3.63, 3.8) is 0 Å². The van der Waals surface area contributed by atoms with Crippen LogP contribution in [0.3, 0.4) is 0 Å². The topological polar surface area (TPSA) is 129 Å². The van der Waals surface area contributed by atoms with E-state index in [9.17, 15) is 9.59 Å². The third-order valence-electron chi connectivity index (χ3n) is 1.88. The molecule has 0 aromatic heterocycles. The van der Waals surface area contributed by atoms with Gasteiger partial charge < -0.3 is 31.6 Å². The van der Waals surface area contributed by atoms with Gasteiger partial charge in [-0.15, -0.1) is 0 Å². The van der Waals surface area contributed by atoms with Crippen LogP contribution in [0.25, 0.3) is 0 Å². The van der Waals surface area contributed by atoms with E-state index < -0.39 is 0 Å². The van der Waals surface area contributed by atoms with Crippen LogP contribution in [0.2, 0.25) is 0 Å². The molecular formula is C10H22N4O4. The number of amides is 2. The van der Waals surface area contributed by atoms with Crippen molar-refractivity contribution in [2.75, 3.05) is 52.6 Å². The first-order valence-electron chi connectivity index (χ1n) is 5.79. The molecule has 0 fully saturated rings. The van der Waals surface area contributed by atoms with E-state index in [-0.39, 0.29) is 24.9 Å². The van der Waals surface area contributed by atoms with Crippen molar-refractivity contribution in [1.82, 2.24) is 10.6 Å². The standard InChI is InChI=1S/C10H22N4O4/c11-7-9(15)13-1-3-17-5-6-18-4-2-14-10(16)8-12/h1-8,11-12H2,(H,13,15)(H,14,16). The van der Waals surface area contributed by atoms with E-state index in [4.69, 9.17) is 20.9 Å². The predicted octanol–water partition coefficient (Wildman–Crippen LogP) is -2.83. The van der Waals surface area contributed by atoms with E-state index in [0.29, 0.717) is 39.5 Å². The van der Waals surface area contributed by atoms with Gasteiger partial charge in [0.1, 0.15) is 0 Å². The molecule has 0 aromatic rings. The van der Waals surface area contributed by atoms with Crippen LogP contribution < -0.4 is 22.1 Å². The molecule has 0 bridgehead atoms. The molecule has 6 N–H and O–H groups in total. The lowest BCUT2D eigenvalue weighted by Gasteiger charge is -2.07. The van der Waals surface area contributed by atoms with E-state index in [2.05, 4.69) is 10.6 Å². The quantitative estimate of drug-likeness (QED) is 0.297. The van der Waals surface area contributed by atoms with Crippen LogP contribution in [0, 0.1) is 0 Å². The predicted molar refractivity (Wildman–Crippen MR) is 65.8 cm³/mol. The van der Waals surface area contributed by atoms with Gasteiger partial charge in [0.25, 0.3) is 0 Å². The van der Waals surface area contributed by atoms with Crippen LogP contribution in [0.15, 0.2) is 0 Å². The summed E-state index contributed by atoms with van der Waals surface area (Å²) in [4.78, 5) is 21.5. The van der Waals surface area contributed by atoms with Crippen molar-refractivity contribution in [2.45, 2.75) is 0 Å². The number of nitrogens with two attached hydrogens (primary N) is 2. The molecule has 0 atom stereocenters. The summed E-state index contributed by atoms with van der Waals surface area (Å²) in [5, 5.41) is 5.15. The Labute approximate surface area is 106 Å². The maximum absolute atomic E-state index is 10.7. The molecule has 0 aliphatic rings. The summed E-state index contributed by atoms with van der Waals surface area (Å²) in [6.45, 7) is 2.53. The lowest BCUT2D eigenvalue weighted by Crippen LogP contribution is -2.33. The Morgan fingerprint density at radius 1 is 0.778 bits per heavy atom. The Bertz CT molecular complexity index is 214. The third kappa shape index (κ3) is 11.3. The Morgan fingerprint density at radius 2 is 1.17 bits per heavy atom. The molecule has 0 aliphatic carbocycles. The smallest absolute Gasteiger partial charge is 0.233 e. The highest BCUT2D eigenvalue weighted by Crippen LogP contribution is 1.78. The minimum atomic E-state index is -0.203. The van der Waals surface area contributed by atoms with Gasteiger partial charge in [0, 0.05) is 13.1 Å². The summed E-state index contributed by atoms with van der Waals surface area (Å²) >= 11 is 0. The second-order valence-corrected chi connectivity index (χ2v) is 3.33. The fourth-order valence-corrected chi connectivity index (χ4v) is 0.992.